The van der Waals surface area contributed by atoms with Crippen molar-refractivity contribution in [1.29, 1.82) is 5.26 Å². The molecule has 0 aromatic heterocycles. The summed E-state index contributed by atoms with van der Waals surface area (Å²) in [5.41, 5.74) is 6.87. The van der Waals surface area contributed by atoms with Crippen molar-refractivity contribution < 1.29 is 9.47 Å². The van der Waals surface area contributed by atoms with Crippen molar-refractivity contribution in [2.45, 2.75) is 6.92 Å². The van der Waals surface area contributed by atoms with Crippen LogP contribution in [0.15, 0.2) is 42.5 Å². The monoisotopic (exact) mass is 254 g/mol. The molecule has 0 aliphatic carbocycles. The molecule has 0 radical (unpaired) electrons. The number of nitrogens with zero attached hydrogens (tertiary/aromatic N) is 1. The molecule has 0 aliphatic rings. The standard InChI is InChI=1S/C15H14N2O2/c1-2-18-13-8-5-9-14(15(13)17)19-12-7-4-3-6-11(12)10-16/h3-9H,2,17H2,1H3. The summed E-state index contributed by atoms with van der Waals surface area (Å²) in [6.07, 6.45) is 0. The molecule has 2 N–H and O–H groups in total. The molecule has 0 bridgehead atoms. The van der Waals surface area contributed by atoms with Crippen LogP contribution in [0.3, 0.4) is 0 Å². The molecule has 96 valence electrons. The highest BCUT2D eigenvalue weighted by Gasteiger charge is 2.09. The summed E-state index contributed by atoms with van der Waals surface area (Å²) in [5.74, 6) is 1.54. The van der Waals surface area contributed by atoms with Gasteiger partial charge in [-0.3, -0.25) is 0 Å². The lowest BCUT2D eigenvalue weighted by atomic mass is 10.2. The summed E-state index contributed by atoms with van der Waals surface area (Å²) in [5, 5.41) is 9.02. The smallest absolute Gasteiger partial charge is 0.154 e. The van der Waals surface area contributed by atoms with Crippen LogP contribution in [0.5, 0.6) is 17.2 Å². The van der Waals surface area contributed by atoms with Crippen LogP contribution in [-0.2, 0) is 0 Å². The Balaban J connectivity index is 2.34. The molecule has 0 amide bonds. The number of hydrogen-bond donors (Lipinski definition) is 1. The van der Waals surface area contributed by atoms with Crippen LogP contribution in [0.2, 0.25) is 0 Å². The Morgan fingerprint density at radius 3 is 2.47 bits per heavy atom. The van der Waals surface area contributed by atoms with Gasteiger partial charge in [0, 0.05) is 0 Å². The van der Waals surface area contributed by atoms with Crippen LogP contribution < -0.4 is 15.2 Å². The number of rotatable bonds is 4. The molecular weight excluding hydrogens is 240 g/mol. The van der Waals surface area contributed by atoms with E-state index in [1.807, 2.05) is 6.92 Å². The fourth-order valence-electron chi connectivity index (χ4n) is 1.66. The molecule has 2 aromatic carbocycles. The first-order valence-electron chi connectivity index (χ1n) is 5.94. The quantitative estimate of drug-likeness (QED) is 0.850. The molecule has 4 nitrogen and oxygen atoms in total. The van der Waals surface area contributed by atoms with Gasteiger partial charge in [0.25, 0.3) is 0 Å². The normalized spacial score (nSPS) is 9.68. The minimum absolute atomic E-state index is 0.428. The van der Waals surface area contributed by atoms with Gasteiger partial charge in [0.1, 0.15) is 23.3 Å². The molecular formula is C15H14N2O2. The van der Waals surface area contributed by atoms with Crippen molar-refractivity contribution in [3.05, 3.63) is 48.0 Å². The third-order valence-electron chi connectivity index (χ3n) is 2.55. The fourth-order valence-corrected chi connectivity index (χ4v) is 1.66. The summed E-state index contributed by atoms with van der Waals surface area (Å²) in [6, 6.07) is 14.4. The Hall–Kier alpha value is -2.67. The number of nitriles is 1. The van der Waals surface area contributed by atoms with Crippen molar-refractivity contribution in [2.24, 2.45) is 0 Å². The maximum atomic E-state index is 9.02. The number of nitrogen functional groups attached to an aromatic ring is 1. The average molecular weight is 254 g/mol. The number of benzene rings is 2. The van der Waals surface area contributed by atoms with Gasteiger partial charge < -0.3 is 15.2 Å². The third-order valence-corrected chi connectivity index (χ3v) is 2.55. The summed E-state index contributed by atoms with van der Waals surface area (Å²) in [4.78, 5) is 0. The van der Waals surface area contributed by atoms with E-state index in [2.05, 4.69) is 6.07 Å². The van der Waals surface area contributed by atoms with Gasteiger partial charge in [-0.25, -0.2) is 0 Å². The van der Waals surface area contributed by atoms with Crippen molar-refractivity contribution in [3.8, 4) is 23.3 Å². The number of ether oxygens (including phenoxy) is 2. The van der Waals surface area contributed by atoms with E-state index in [-0.39, 0.29) is 0 Å². The number of nitrogens with two attached hydrogens (primary N) is 1. The third kappa shape index (κ3) is 2.78. The van der Waals surface area contributed by atoms with Gasteiger partial charge in [-0.1, -0.05) is 18.2 Å². The van der Waals surface area contributed by atoms with Crippen molar-refractivity contribution in [3.63, 3.8) is 0 Å². The molecule has 19 heavy (non-hydrogen) atoms. The highest BCUT2D eigenvalue weighted by molar-refractivity contribution is 5.64. The summed E-state index contributed by atoms with van der Waals surface area (Å²) < 4.78 is 11.1. The molecule has 4 heteroatoms. The highest BCUT2D eigenvalue weighted by Crippen LogP contribution is 2.35. The molecule has 0 spiro atoms. The first-order valence-corrected chi connectivity index (χ1v) is 5.94. The van der Waals surface area contributed by atoms with Crippen LogP contribution in [0.1, 0.15) is 12.5 Å². The summed E-state index contributed by atoms with van der Waals surface area (Å²) in [7, 11) is 0. The topological polar surface area (TPSA) is 68.3 Å². The first kappa shape index (κ1) is 12.8. The Labute approximate surface area is 112 Å². The van der Waals surface area contributed by atoms with E-state index in [1.165, 1.54) is 0 Å². The van der Waals surface area contributed by atoms with Crippen LogP contribution >= 0.6 is 0 Å². The second kappa shape index (κ2) is 5.78. The Morgan fingerprint density at radius 2 is 1.74 bits per heavy atom. The number of para-hydroxylation sites is 2. The summed E-state index contributed by atoms with van der Waals surface area (Å²) in [6.45, 7) is 2.42. The SMILES string of the molecule is CCOc1cccc(Oc2ccccc2C#N)c1N. The highest BCUT2D eigenvalue weighted by atomic mass is 16.5. The molecule has 0 saturated carbocycles. The Kier molecular flexibility index (Phi) is 3.89. The van der Waals surface area contributed by atoms with E-state index < -0.39 is 0 Å². The van der Waals surface area contributed by atoms with Crippen molar-refractivity contribution >= 4 is 5.69 Å². The number of anilines is 1. The van der Waals surface area contributed by atoms with E-state index in [0.29, 0.717) is 35.1 Å². The van der Waals surface area contributed by atoms with Gasteiger partial charge in [-0.05, 0) is 31.2 Å². The van der Waals surface area contributed by atoms with Crippen molar-refractivity contribution in [1.82, 2.24) is 0 Å². The van der Waals surface area contributed by atoms with Gasteiger partial charge in [0.15, 0.2) is 5.75 Å². The molecule has 0 atom stereocenters. The van der Waals surface area contributed by atoms with Gasteiger partial charge in [-0.15, -0.1) is 0 Å². The minimum atomic E-state index is 0.428. The maximum Gasteiger partial charge on any atom is 0.154 e. The second-order valence-electron chi connectivity index (χ2n) is 3.81. The first-order chi connectivity index (χ1) is 9.26. The van der Waals surface area contributed by atoms with Crippen LogP contribution in [0, 0.1) is 11.3 Å². The molecule has 0 saturated heterocycles. The lowest BCUT2D eigenvalue weighted by Crippen LogP contribution is -1.99. The Bertz CT molecular complexity index is 618. The summed E-state index contributed by atoms with van der Waals surface area (Å²) >= 11 is 0. The zero-order valence-electron chi connectivity index (χ0n) is 10.6. The van der Waals surface area contributed by atoms with E-state index >= 15 is 0 Å². The van der Waals surface area contributed by atoms with E-state index in [1.54, 1.807) is 42.5 Å². The molecule has 2 aromatic rings. The van der Waals surface area contributed by atoms with Crippen LogP contribution in [0.4, 0.5) is 5.69 Å². The molecule has 0 heterocycles. The Morgan fingerprint density at radius 1 is 1.05 bits per heavy atom. The molecule has 0 fully saturated rings. The lowest BCUT2D eigenvalue weighted by molar-refractivity contribution is 0.340. The predicted octanol–water partition coefficient (Wildman–Crippen LogP) is 3.33. The zero-order valence-corrected chi connectivity index (χ0v) is 10.6. The van der Waals surface area contributed by atoms with Crippen LogP contribution in [-0.4, -0.2) is 6.61 Å². The van der Waals surface area contributed by atoms with Gasteiger partial charge >= 0.3 is 0 Å². The van der Waals surface area contributed by atoms with E-state index in [9.17, 15) is 0 Å². The average Bonchev–Trinajstić information content (AvgIpc) is 2.44. The predicted molar refractivity (Wildman–Crippen MR) is 73.3 cm³/mol. The molecule has 2 rings (SSSR count). The maximum absolute atomic E-state index is 9.02. The lowest BCUT2D eigenvalue weighted by Gasteiger charge is -2.12. The van der Waals surface area contributed by atoms with Gasteiger partial charge in [0.05, 0.1) is 12.2 Å². The van der Waals surface area contributed by atoms with E-state index in [4.69, 9.17) is 20.5 Å². The second-order valence-corrected chi connectivity index (χ2v) is 3.81. The molecule has 0 aliphatic heterocycles. The minimum Gasteiger partial charge on any atom is -0.492 e. The zero-order chi connectivity index (χ0) is 13.7. The van der Waals surface area contributed by atoms with Gasteiger partial charge in [-0.2, -0.15) is 5.26 Å². The molecule has 0 unspecified atom stereocenters. The van der Waals surface area contributed by atoms with E-state index in [0.717, 1.165) is 0 Å². The van der Waals surface area contributed by atoms with Gasteiger partial charge in [0.2, 0.25) is 0 Å². The fraction of sp³-hybridized carbons (Fsp3) is 0.133. The van der Waals surface area contributed by atoms with Crippen molar-refractivity contribution in [2.75, 3.05) is 12.3 Å². The largest absolute Gasteiger partial charge is 0.492 e. The van der Waals surface area contributed by atoms with Crippen LogP contribution in [0.25, 0.3) is 0 Å². The number of hydrogen-bond acceptors (Lipinski definition) is 4.